The second kappa shape index (κ2) is 6.46. The third kappa shape index (κ3) is 3.64. The number of nitrogens with one attached hydrogen (secondary N) is 1. The molecule has 0 unspecified atom stereocenters. The number of carboxylic acid groups (broad SMARTS) is 1. The molecule has 20 heavy (non-hydrogen) atoms. The normalized spacial score (nSPS) is 10.2. The van der Waals surface area contributed by atoms with Crippen LogP contribution in [-0.2, 0) is 6.54 Å². The van der Waals surface area contributed by atoms with Crippen molar-refractivity contribution in [2.24, 2.45) is 0 Å². The Morgan fingerprint density at radius 3 is 2.80 bits per heavy atom. The van der Waals surface area contributed by atoms with Crippen molar-refractivity contribution in [3.63, 3.8) is 0 Å². The minimum atomic E-state index is -1.15. The predicted octanol–water partition coefficient (Wildman–Crippen LogP) is 0.796. The number of imidazole rings is 1. The third-order valence-electron chi connectivity index (χ3n) is 2.64. The Morgan fingerprint density at radius 2 is 2.10 bits per heavy atom. The summed E-state index contributed by atoms with van der Waals surface area (Å²) >= 11 is 0. The zero-order valence-corrected chi connectivity index (χ0v) is 10.7. The van der Waals surface area contributed by atoms with E-state index in [9.17, 15) is 9.59 Å². The molecule has 2 rings (SSSR count). The molecular weight excluding hydrogens is 260 g/mol. The minimum absolute atomic E-state index is 0.104. The number of carbonyl (C=O) groups is 2. The van der Waals surface area contributed by atoms with Crippen LogP contribution < -0.4 is 5.32 Å². The van der Waals surface area contributed by atoms with Crippen LogP contribution in [0.15, 0.2) is 36.9 Å². The van der Waals surface area contributed by atoms with Crippen molar-refractivity contribution in [3.8, 4) is 0 Å². The van der Waals surface area contributed by atoms with Crippen LogP contribution in [0.2, 0.25) is 0 Å². The Balaban J connectivity index is 1.82. The highest BCUT2D eigenvalue weighted by Gasteiger charge is 2.10. The quantitative estimate of drug-likeness (QED) is 0.759. The van der Waals surface area contributed by atoms with Crippen LogP contribution in [0.3, 0.4) is 0 Å². The largest absolute Gasteiger partial charge is 0.477 e. The van der Waals surface area contributed by atoms with Crippen LogP contribution in [0.25, 0.3) is 0 Å². The molecule has 0 bridgehead atoms. The van der Waals surface area contributed by atoms with Gasteiger partial charge in [0.2, 0.25) is 0 Å². The van der Waals surface area contributed by atoms with Gasteiger partial charge in [-0.15, -0.1) is 0 Å². The van der Waals surface area contributed by atoms with E-state index >= 15 is 0 Å². The summed E-state index contributed by atoms with van der Waals surface area (Å²) in [6.45, 7) is 1.23. The molecule has 0 aliphatic heterocycles. The van der Waals surface area contributed by atoms with Gasteiger partial charge >= 0.3 is 5.97 Å². The molecule has 0 radical (unpaired) electrons. The van der Waals surface area contributed by atoms with E-state index in [1.807, 2.05) is 10.8 Å². The number of aryl methyl sites for hydroxylation is 1. The third-order valence-corrected chi connectivity index (χ3v) is 2.64. The van der Waals surface area contributed by atoms with Crippen molar-refractivity contribution >= 4 is 11.9 Å². The van der Waals surface area contributed by atoms with Crippen molar-refractivity contribution < 1.29 is 14.7 Å². The first kappa shape index (κ1) is 13.7. The van der Waals surface area contributed by atoms with Crippen LogP contribution in [0.1, 0.15) is 27.4 Å². The summed E-state index contributed by atoms with van der Waals surface area (Å²) in [4.78, 5) is 30.3. The summed E-state index contributed by atoms with van der Waals surface area (Å²) in [5, 5.41) is 11.5. The van der Waals surface area contributed by atoms with Crippen molar-refractivity contribution in [2.75, 3.05) is 6.54 Å². The fourth-order valence-corrected chi connectivity index (χ4v) is 1.65. The number of aromatic carboxylic acids is 1. The van der Waals surface area contributed by atoms with Gasteiger partial charge in [-0.2, -0.15) is 0 Å². The van der Waals surface area contributed by atoms with Crippen LogP contribution in [0.4, 0.5) is 0 Å². The Kier molecular flexibility index (Phi) is 4.43. The maximum absolute atomic E-state index is 11.8. The van der Waals surface area contributed by atoms with Crippen molar-refractivity contribution in [2.45, 2.75) is 13.0 Å². The molecule has 0 aliphatic rings. The average molecular weight is 274 g/mol. The number of carboxylic acids is 1. The topological polar surface area (TPSA) is 97.1 Å². The van der Waals surface area contributed by atoms with Gasteiger partial charge in [0.25, 0.3) is 5.91 Å². The zero-order valence-electron chi connectivity index (χ0n) is 10.7. The molecule has 2 aromatic rings. The molecule has 2 N–H and O–H groups in total. The molecule has 2 heterocycles. The Morgan fingerprint density at radius 1 is 1.30 bits per heavy atom. The number of amides is 1. The molecule has 7 heteroatoms. The van der Waals surface area contributed by atoms with E-state index in [1.165, 1.54) is 18.2 Å². The first-order valence-electron chi connectivity index (χ1n) is 6.11. The number of rotatable bonds is 6. The van der Waals surface area contributed by atoms with E-state index in [-0.39, 0.29) is 17.3 Å². The van der Waals surface area contributed by atoms with E-state index in [2.05, 4.69) is 15.3 Å². The maximum atomic E-state index is 11.8. The number of hydrogen-bond acceptors (Lipinski definition) is 4. The molecule has 7 nitrogen and oxygen atoms in total. The van der Waals surface area contributed by atoms with E-state index in [1.54, 1.807) is 12.5 Å². The molecule has 0 aromatic carbocycles. The average Bonchev–Trinajstić information content (AvgIpc) is 2.96. The summed E-state index contributed by atoms with van der Waals surface area (Å²) in [7, 11) is 0. The molecule has 104 valence electrons. The fraction of sp³-hybridized carbons (Fsp3) is 0.231. The second-order valence-corrected chi connectivity index (χ2v) is 4.12. The van der Waals surface area contributed by atoms with Crippen molar-refractivity contribution in [1.29, 1.82) is 0 Å². The van der Waals surface area contributed by atoms with E-state index in [4.69, 9.17) is 5.11 Å². The van der Waals surface area contributed by atoms with Gasteiger partial charge in [-0.1, -0.05) is 6.07 Å². The lowest BCUT2D eigenvalue weighted by Gasteiger charge is -2.05. The maximum Gasteiger partial charge on any atom is 0.354 e. The first-order chi connectivity index (χ1) is 9.66. The summed E-state index contributed by atoms with van der Waals surface area (Å²) < 4.78 is 1.91. The van der Waals surface area contributed by atoms with Gasteiger partial charge in [0.1, 0.15) is 11.4 Å². The van der Waals surface area contributed by atoms with Crippen molar-refractivity contribution in [3.05, 3.63) is 48.3 Å². The minimum Gasteiger partial charge on any atom is -0.477 e. The Bertz CT molecular complexity index is 595. The highest BCUT2D eigenvalue weighted by Crippen LogP contribution is 2.00. The number of carbonyl (C=O) groups excluding carboxylic acids is 1. The molecule has 0 aliphatic carbocycles. The predicted molar refractivity (Wildman–Crippen MR) is 70.4 cm³/mol. The molecule has 0 spiro atoms. The lowest BCUT2D eigenvalue weighted by Crippen LogP contribution is -2.26. The number of pyridine rings is 1. The SMILES string of the molecule is O=C(O)c1cccc(C(=O)NCCCn2ccnc2)n1. The van der Waals surface area contributed by atoms with Crippen LogP contribution in [-0.4, -0.2) is 38.1 Å². The monoisotopic (exact) mass is 274 g/mol. The number of hydrogen-bond donors (Lipinski definition) is 2. The van der Waals surface area contributed by atoms with Gasteiger partial charge in [0.05, 0.1) is 6.33 Å². The van der Waals surface area contributed by atoms with Gasteiger partial charge in [-0.3, -0.25) is 4.79 Å². The van der Waals surface area contributed by atoms with Gasteiger partial charge in [-0.05, 0) is 18.6 Å². The van der Waals surface area contributed by atoms with Gasteiger partial charge in [-0.25, -0.2) is 14.8 Å². The molecular formula is C13H14N4O3. The molecule has 0 saturated heterocycles. The number of nitrogens with zero attached hydrogens (tertiary/aromatic N) is 3. The van der Waals surface area contributed by atoms with E-state index in [0.29, 0.717) is 6.54 Å². The summed E-state index contributed by atoms with van der Waals surface area (Å²) in [6, 6.07) is 4.33. The molecule has 0 atom stereocenters. The molecule has 0 saturated carbocycles. The molecule has 0 fully saturated rings. The van der Waals surface area contributed by atoms with Crippen LogP contribution in [0.5, 0.6) is 0 Å². The molecule has 2 aromatic heterocycles. The van der Waals surface area contributed by atoms with E-state index < -0.39 is 5.97 Å². The molecule has 1 amide bonds. The highest BCUT2D eigenvalue weighted by molar-refractivity contribution is 5.94. The van der Waals surface area contributed by atoms with Crippen LogP contribution in [0, 0.1) is 0 Å². The van der Waals surface area contributed by atoms with Gasteiger partial charge in [0, 0.05) is 25.5 Å². The van der Waals surface area contributed by atoms with Gasteiger partial charge in [0.15, 0.2) is 0 Å². The Labute approximate surface area is 115 Å². The summed E-state index contributed by atoms with van der Waals surface area (Å²) in [6.07, 6.45) is 6.00. The smallest absolute Gasteiger partial charge is 0.354 e. The highest BCUT2D eigenvalue weighted by atomic mass is 16.4. The second-order valence-electron chi connectivity index (χ2n) is 4.12. The van der Waals surface area contributed by atoms with Gasteiger partial charge < -0.3 is 15.0 Å². The number of aromatic nitrogens is 3. The standard InChI is InChI=1S/C13H14N4O3/c18-12(10-3-1-4-11(16-10)13(19)20)15-5-2-7-17-8-6-14-9-17/h1,3-4,6,8-9H,2,5,7H2,(H,15,18)(H,19,20). The fourth-order valence-electron chi connectivity index (χ4n) is 1.65. The van der Waals surface area contributed by atoms with Crippen LogP contribution >= 0.6 is 0 Å². The Hall–Kier alpha value is -2.70. The first-order valence-corrected chi connectivity index (χ1v) is 6.11. The van der Waals surface area contributed by atoms with Crippen molar-refractivity contribution in [1.82, 2.24) is 19.9 Å². The summed E-state index contributed by atoms with van der Waals surface area (Å²) in [5.74, 6) is -1.53. The summed E-state index contributed by atoms with van der Waals surface area (Å²) in [5.41, 5.74) is -0.0383. The lowest BCUT2D eigenvalue weighted by molar-refractivity contribution is 0.0690. The zero-order chi connectivity index (χ0) is 14.4. The van der Waals surface area contributed by atoms with E-state index in [0.717, 1.165) is 13.0 Å². The lowest BCUT2D eigenvalue weighted by atomic mass is 10.3.